The van der Waals surface area contributed by atoms with Crippen LogP contribution in [0.5, 0.6) is 0 Å². The van der Waals surface area contributed by atoms with E-state index in [4.69, 9.17) is 9.47 Å². The van der Waals surface area contributed by atoms with Crippen LogP contribution in [-0.4, -0.2) is 35.9 Å². The molecule has 82 valence electrons. The number of ether oxygens (including phenoxy) is 2. The van der Waals surface area contributed by atoms with Crippen LogP contribution in [0.25, 0.3) is 0 Å². The third kappa shape index (κ3) is 1.34. The van der Waals surface area contributed by atoms with Crippen LogP contribution in [0.15, 0.2) is 11.1 Å². The molecule has 0 aliphatic carbocycles. The van der Waals surface area contributed by atoms with E-state index < -0.39 is 17.5 Å². The average molecular weight is 212 g/mol. The summed E-state index contributed by atoms with van der Waals surface area (Å²) in [4.78, 5) is 22.8. The number of rotatable bonds is 1. The molecule has 5 nitrogen and oxygen atoms in total. The molecular weight excluding hydrogens is 200 g/mol. The molecule has 2 rings (SSSR count). The van der Waals surface area contributed by atoms with Crippen molar-refractivity contribution in [3.05, 3.63) is 11.1 Å². The predicted octanol–water partition coefficient (Wildman–Crippen LogP) is -0.0722. The van der Waals surface area contributed by atoms with E-state index in [9.17, 15) is 14.7 Å². The van der Waals surface area contributed by atoms with E-state index in [1.165, 1.54) is 0 Å². The number of carbonyl (C=O) groups excluding carboxylic acids is 2. The molecule has 0 unspecified atom stereocenters. The van der Waals surface area contributed by atoms with Crippen molar-refractivity contribution in [2.75, 3.05) is 13.2 Å². The smallest absolute Gasteiger partial charge is 0.342 e. The molecule has 0 fully saturated rings. The van der Waals surface area contributed by atoms with E-state index in [0.717, 1.165) is 0 Å². The second kappa shape index (κ2) is 3.34. The molecule has 1 N–H and O–H groups in total. The lowest BCUT2D eigenvalue weighted by atomic mass is 9.83. The lowest BCUT2D eigenvalue weighted by molar-refractivity contribution is -0.166. The highest BCUT2D eigenvalue weighted by atomic mass is 16.6. The molecule has 1 atom stereocenters. The standard InChI is InChI=1S/C10H12O5/c1-2-10(13)7-3-4-14-8(11)6(7)5-15-9(10)12/h13H,2-5H2,1H3/t10-/m1/s1. The lowest BCUT2D eigenvalue weighted by Crippen LogP contribution is -2.48. The number of hydrogen-bond donors (Lipinski definition) is 1. The van der Waals surface area contributed by atoms with E-state index in [1.54, 1.807) is 6.92 Å². The van der Waals surface area contributed by atoms with Crippen LogP contribution in [0.2, 0.25) is 0 Å². The molecule has 0 saturated carbocycles. The van der Waals surface area contributed by atoms with Crippen molar-refractivity contribution in [3.63, 3.8) is 0 Å². The van der Waals surface area contributed by atoms with E-state index in [1.807, 2.05) is 0 Å². The molecule has 5 heteroatoms. The van der Waals surface area contributed by atoms with Gasteiger partial charge in [-0.15, -0.1) is 0 Å². The number of carbonyl (C=O) groups is 2. The summed E-state index contributed by atoms with van der Waals surface area (Å²) >= 11 is 0. The molecule has 0 aromatic heterocycles. The van der Waals surface area contributed by atoms with Crippen molar-refractivity contribution in [2.45, 2.75) is 25.4 Å². The minimum Gasteiger partial charge on any atom is -0.462 e. The molecular formula is C10H12O5. The van der Waals surface area contributed by atoms with Gasteiger partial charge >= 0.3 is 11.9 Å². The Bertz CT molecular complexity index is 357. The van der Waals surface area contributed by atoms with Crippen molar-refractivity contribution in [2.24, 2.45) is 0 Å². The van der Waals surface area contributed by atoms with Gasteiger partial charge in [-0.3, -0.25) is 0 Å². The molecule has 0 saturated heterocycles. The molecule has 0 aromatic rings. The van der Waals surface area contributed by atoms with Crippen molar-refractivity contribution in [1.82, 2.24) is 0 Å². The van der Waals surface area contributed by atoms with Gasteiger partial charge in [0, 0.05) is 6.42 Å². The number of aliphatic hydroxyl groups is 1. The van der Waals surface area contributed by atoms with Crippen LogP contribution in [-0.2, 0) is 19.1 Å². The Morgan fingerprint density at radius 3 is 2.80 bits per heavy atom. The SMILES string of the molecule is CC[C@]1(O)C(=O)OCC2=C1CCOC2=O. The van der Waals surface area contributed by atoms with Crippen molar-refractivity contribution in [1.29, 1.82) is 0 Å². The zero-order chi connectivity index (χ0) is 11.1. The fourth-order valence-electron chi connectivity index (χ4n) is 1.95. The molecule has 0 radical (unpaired) electrons. The molecule has 0 aromatic carbocycles. The Balaban J connectivity index is 2.49. The van der Waals surface area contributed by atoms with E-state index in [-0.39, 0.29) is 19.6 Å². The number of hydrogen-bond acceptors (Lipinski definition) is 5. The highest BCUT2D eigenvalue weighted by Gasteiger charge is 2.47. The van der Waals surface area contributed by atoms with Gasteiger partial charge in [-0.05, 0) is 12.0 Å². The van der Waals surface area contributed by atoms with E-state index >= 15 is 0 Å². The Hall–Kier alpha value is -1.36. The molecule has 2 aliphatic heterocycles. The molecule has 0 spiro atoms. The van der Waals surface area contributed by atoms with Crippen LogP contribution < -0.4 is 0 Å². The molecule has 0 amide bonds. The van der Waals surface area contributed by atoms with Crippen LogP contribution in [0, 0.1) is 0 Å². The average Bonchev–Trinajstić information content (AvgIpc) is 2.24. The normalized spacial score (nSPS) is 30.8. The van der Waals surface area contributed by atoms with E-state index in [0.29, 0.717) is 17.6 Å². The summed E-state index contributed by atoms with van der Waals surface area (Å²) in [6.45, 7) is 1.81. The first-order valence-electron chi connectivity index (χ1n) is 4.89. The van der Waals surface area contributed by atoms with Gasteiger partial charge < -0.3 is 14.6 Å². The molecule has 2 heterocycles. The van der Waals surface area contributed by atoms with Crippen molar-refractivity contribution < 1.29 is 24.2 Å². The fraction of sp³-hybridized carbons (Fsp3) is 0.600. The zero-order valence-electron chi connectivity index (χ0n) is 8.41. The highest BCUT2D eigenvalue weighted by molar-refractivity contribution is 5.96. The summed E-state index contributed by atoms with van der Waals surface area (Å²) in [5.74, 6) is -1.16. The third-order valence-corrected chi connectivity index (χ3v) is 2.89. The fourth-order valence-corrected chi connectivity index (χ4v) is 1.95. The Morgan fingerprint density at radius 1 is 1.40 bits per heavy atom. The Labute approximate surface area is 86.7 Å². The molecule has 0 bridgehead atoms. The topological polar surface area (TPSA) is 72.8 Å². The quantitative estimate of drug-likeness (QED) is 0.616. The van der Waals surface area contributed by atoms with Gasteiger partial charge in [-0.1, -0.05) is 6.92 Å². The monoisotopic (exact) mass is 212 g/mol. The first-order chi connectivity index (χ1) is 7.09. The first-order valence-corrected chi connectivity index (χ1v) is 4.89. The largest absolute Gasteiger partial charge is 0.462 e. The first kappa shape index (κ1) is 10.2. The summed E-state index contributed by atoms with van der Waals surface area (Å²) in [6, 6.07) is 0. The third-order valence-electron chi connectivity index (χ3n) is 2.89. The maximum Gasteiger partial charge on any atom is 0.342 e. The lowest BCUT2D eigenvalue weighted by Gasteiger charge is -2.35. The van der Waals surface area contributed by atoms with E-state index in [2.05, 4.69) is 0 Å². The molecule has 15 heavy (non-hydrogen) atoms. The van der Waals surface area contributed by atoms with Gasteiger partial charge in [0.25, 0.3) is 0 Å². The van der Waals surface area contributed by atoms with Crippen molar-refractivity contribution in [3.8, 4) is 0 Å². The maximum absolute atomic E-state index is 11.5. The van der Waals surface area contributed by atoms with Gasteiger partial charge in [-0.2, -0.15) is 0 Å². The van der Waals surface area contributed by atoms with Gasteiger partial charge in [0.1, 0.15) is 6.61 Å². The summed E-state index contributed by atoms with van der Waals surface area (Å²) < 4.78 is 9.60. The Morgan fingerprint density at radius 2 is 2.13 bits per heavy atom. The molecule has 2 aliphatic rings. The highest BCUT2D eigenvalue weighted by Crippen LogP contribution is 2.34. The summed E-state index contributed by atoms with van der Waals surface area (Å²) in [6.07, 6.45) is 0.610. The summed E-state index contributed by atoms with van der Waals surface area (Å²) in [5.41, 5.74) is -0.866. The van der Waals surface area contributed by atoms with Crippen LogP contribution in [0.1, 0.15) is 19.8 Å². The minimum absolute atomic E-state index is 0.0880. The van der Waals surface area contributed by atoms with Crippen LogP contribution in [0.3, 0.4) is 0 Å². The summed E-state index contributed by atoms with van der Waals surface area (Å²) in [7, 11) is 0. The van der Waals surface area contributed by atoms with Gasteiger partial charge in [-0.25, -0.2) is 9.59 Å². The van der Waals surface area contributed by atoms with Crippen LogP contribution >= 0.6 is 0 Å². The predicted molar refractivity (Wildman–Crippen MR) is 48.8 cm³/mol. The number of esters is 2. The summed E-state index contributed by atoms with van der Waals surface area (Å²) in [5, 5.41) is 10.1. The van der Waals surface area contributed by atoms with Gasteiger partial charge in [0.05, 0.1) is 12.2 Å². The van der Waals surface area contributed by atoms with Gasteiger partial charge in [0.15, 0.2) is 5.60 Å². The minimum atomic E-state index is -1.63. The van der Waals surface area contributed by atoms with Crippen LogP contribution in [0.4, 0.5) is 0 Å². The zero-order valence-corrected chi connectivity index (χ0v) is 8.41. The van der Waals surface area contributed by atoms with Gasteiger partial charge in [0.2, 0.25) is 0 Å². The van der Waals surface area contributed by atoms with Crippen molar-refractivity contribution >= 4 is 11.9 Å². The Kier molecular flexibility index (Phi) is 2.26. The number of cyclic esters (lactones) is 2. The maximum atomic E-state index is 11.5. The second-order valence-electron chi connectivity index (χ2n) is 3.63. The second-order valence-corrected chi connectivity index (χ2v) is 3.63.